The first kappa shape index (κ1) is 20.4. The second-order valence-electron chi connectivity index (χ2n) is 6.59. The molecule has 0 aliphatic rings. The fraction of sp³-hybridized carbons (Fsp3) is 0.381. The number of hydrogen-bond donors (Lipinski definition) is 0. The van der Waals surface area contributed by atoms with Gasteiger partial charge in [0.2, 0.25) is 0 Å². The van der Waals surface area contributed by atoms with Crippen LogP contribution in [-0.4, -0.2) is 26.3 Å². The van der Waals surface area contributed by atoms with Crippen LogP contribution in [0.3, 0.4) is 0 Å². The molecular weight excluding hydrogens is 344 g/mol. The van der Waals surface area contributed by atoms with E-state index in [1.165, 1.54) is 0 Å². The summed E-state index contributed by atoms with van der Waals surface area (Å²) in [7, 11) is 1.57. The predicted molar refractivity (Wildman–Crippen MR) is 104 cm³/mol. The monoisotopic (exact) mass is 370 g/mol. The molecule has 0 aliphatic carbocycles. The summed E-state index contributed by atoms with van der Waals surface area (Å²) in [5.41, 5.74) is 0.912. The molecule has 2 aromatic carbocycles. The van der Waals surface area contributed by atoms with E-state index in [4.69, 9.17) is 14.2 Å². The molecule has 2 rings (SSSR count). The third-order valence-corrected chi connectivity index (χ3v) is 4.19. The van der Waals surface area contributed by atoms with E-state index in [1.807, 2.05) is 51.1 Å². The number of methoxy groups -OCH3 is 1. The Morgan fingerprint density at radius 3 is 2.33 bits per heavy atom. The first-order valence-corrected chi connectivity index (χ1v) is 8.91. The van der Waals surface area contributed by atoms with Gasteiger partial charge < -0.3 is 14.2 Å². The first-order valence-electron chi connectivity index (χ1n) is 8.91. The van der Waals surface area contributed by atoms with Crippen LogP contribution in [0.1, 0.15) is 27.2 Å². The Morgan fingerprint density at radius 2 is 1.67 bits per heavy atom. The fourth-order valence-corrected chi connectivity index (χ4v) is 2.08. The van der Waals surface area contributed by atoms with Gasteiger partial charge in [0.15, 0.2) is 11.5 Å². The zero-order valence-electron chi connectivity index (χ0n) is 16.3. The molecule has 0 unspecified atom stereocenters. The van der Waals surface area contributed by atoms with Crippen LogP contribution in [0.2, 0.25) is 0 Å². The van der Waals surface area contributed by atoms with Crippen molar-refractivity contribution in [1.29, 1.82) is 0 Å². The molecule has 0 N–H and O–H groups in total. The molecule has 6 nitrogen and oxygen atoms in total. The van der Waals surface area contributed by atoms with Crippen LogP contribution in [-0.2, 0) is 9.53 Å². The van der Waals surface area contributed by atoms with E-state index in [1.54, 1.807) is 25.3 Å². The standard InChI is InChI=1S/C21H26N2O4/c1-5-21(2,3)20(24)27-14-13-26-19-15-17(11-12-18(19)25-4)23-22-16-9-7-6-8-10-16/h6-12,15H,5,13-14H2,1-4H3. The summed E-state index contributed by atoms with van der Waals surface area (Å²) < 4.78 is 16.3. The summed E-state index contributed by atoms with van der Waals surface area (Å²) in [6.07, 6.45) is 0.717. The summed E-state index contributed by atoms with van der Waals surface area (Å²) in [5.74, 6) is 0.868. The molecule has 0 amide bonds. The van der Waals surface area contributed by atoms with Crippen molar-refractivity contribution in [2.24, 2.45) is 15.6 Å². The largest absolute Gasteiger partial charge is 0.493 e. The van der Waals surface area contributed by atoms with E-state index >= 15 is 0 Å². The number of rotatable bonds is 9. The van der Waals surface area contributed by atoms with Gasteiger partial charge in [-0.3, -0.25) is 4.79 Å². The molecular formula is C21H26N2O4. The van der Waals surface area contributed by atoms with Crippen molar-refractivity contribution in [1.82, 2.24) is 0 Å². The van der Waals surface area contributed by atoms with Crippen molar-refractivity contribution < 1.29 is 19.0 Å². The van der Waals surface area contributed by atoms with Crippen molar-refractivity contribution >= 4 is 17.3 Å². The predicted octanol–water partition coefficient (Wildman–Crippen LogP) is 5.47. The van der Waals surface area contributed by atoms with E-state index in [2.05, 4.69) is 10.2 Å². The van der Waals surface area contributed by atoms with Crippen LogP contribution >= 0.6 is 0 Å². The van der Waals surface area contributed by atoms with E-state index in [0.29, 0.717) is 17.2 Å². The third kappa shape index (κ3) is 6.09. The molecule has 6 heteroatoms. The second kappa shape index (κ2) is 9.71. The Balaban J connectivity index is 1.97. The number of esters is 1. The molecule has 0 heterocycles. The molecule has 144 valence electrons. The average molecular weight is 370 g/mol. The number of carbonyl (C=O) groups is 1. The Morgan fingerprint density at radius 1 is 0.963 bits per heavy atom. The lowest BCUT2D eigenvalue weighted by atomic mass is 9.91. The van der Waals surface area contributed by atoms with Gasteiger partial charge in [0, 0.05) is 6.07 Å². The van der Waals surface area contributed by atoms with Gasteiger partial charge in [0.1, 0.15) is 13.2 Å². The topological polar surface area (TPSA) is 69.5 Å². The molecule has 0 atom stereocenters. The smallest absolute Gasteiger partial charge is 0.311 e. The summed E-state index contributed by atoms with van der Waals surface area (Å²) in [6, 6.07) is 14.8. The van der Waals surface area contributed by atoms with Crippen molar-refractivity contribution in [3.8, 4) is 11.5 Å². The van der Waals surface area contributed by atoms with Gasteiger partial charge in [-0.1, -0.05) is 25.1 Å². The van der Waals surface area contributed by atoms with Gasteiger partial charge in [0.05, 0.1) is 23.9 Å². The molecule has 0 radical (unpaired) electrons. The van der Waals surface area contributed by atoms with Gasteiger partial charge in [-0.05, 0) is 44.5 Å². The Bertz CT molecular complexity index is 773. The molecule has 27 heavy (non-hydrogen) atoms. The lowest BCUT2D eigenvalue weighted by Gasteiger charge is -2.20. The maximum absolute atomic E-state index is 12.0. The van der Waals surface area contributed by atoms with Crippen LogP contribution in [0, 0.1) is 5.41 Å². The summed E-state index contributed by atoms with van der Waals surface area (Å²) in [4.78, 5) is 12.0. The normalized spacial score (nSPS) is 11.4. The quantitative estimate of drug-likeness (QED) is 0.333. The molecule has 0 saturated carbocycles. The summed E-state index contributed by atoms with van der Waals surface area (Å²) in [5, 5.41) is 8.40. The summed E-state index contributed by atoms with van der Waals surface area (Å²) >= 11 is 0. The number of carbonyl (C=O) groups excluding carboxylic acids is 1. The lowest BCUT2D eigenvalue weighted by Crippen LogP contribution is -2.27. The maximum atomic E-state index is 12.0. The number of hydrogen-bond acceptors (Lipinski definition) is 6. The zero-order valence-corrected chi connectivity index (χ0v) is 16.3. The highest BCUT2D eigenvalue weighted by atomic mass is 16.6. The van der Waals surface area contributed by atoms with E-state index in [-0.39, 0.29) is 19.2 Å². The van der Waals surface area contributed by atoms with Crippen molar-refractivity contribution in [2.45, 2.75) is 27.2 Å². The van der Waals surface area contributed by atoms with Crippen LogP contribution in [0.5, 0.6) is 11.5 Å². The van der Waals surface area contributed by atoms with Crippen LogP contribution < -0.4 is 9.47 Å². The van der Waals surface area contributed by atoms with Crippen LogP contribution in [0.15, 0.2) is 58.8 Å². The van der Waals surface area contributed by atoms with E-state index in [0.717, 1.165) is 12.1 Å². The van der Waals surface area contributed by atoms with Gasteiger partial charge in [-0.2, -0.15) is 10.2 Å². The molecule has 0 saturated heterocycles. The Labute approximate surface area is 160 Å². The summed E-state index contributed by atoms with van der Waals surface area (Å²) in [6.45, 7) is 6.07. The van der Waals surface area contributed by atoms with Gasteiger partial charge in [0.25, 0.3) is 0 Å². The SMILES string of the molecule is CCC(C)(C)C(=O)OCCOc1cc(N=Nc2ccccc2)ccc1OC. The number of nitrogens with zero attached hydrogens (tertiary/aromatic N) is 2. The zero-order chi connectivity index (χ0) is 19.7. The number of ether oxygens (including phenoxy) is 3. The molecule has 2 aromatic rings. The van der Waals surface area contributed by atoms with Crippen molar-refractivity contribution in [3.63, 3.8) is 0 Å². The highest BCUT2D eigenvalue weighted by Crippen LogP contribution is 2.32. The minimum atomic E-state index is -0.491. The highest BCUT2D eigenvalue weighted by Gasteiger charge is 2.26. The average Bonchev–Trinajstić information content (AvgIpc) is 2.70. The number of benzene rings is 2. The fourth-order valence-electron chi connectivity index (χ4n) is 2.08. The minimum absolute atomic E-state index is 0.168. The van der Waals surface area contributed by atoms with E-state index < -0.39 is 5.41 Å². The van der Waals surface area contributed by atoms with Crippen molar-refractivity contribution in [3.05, 3.63) is 48.5 Å². The maximum Gasteiger partial charge on any atom is 0.311 e. The molecule has 0 aliphatic heterocycles. The van der Waals surface area contributed by atoms with Gasteiger partial charge in [-0.25, -0.2) is 0 Å². The van der Waals surface area contributed by atoms with Gasteiger partial charge >= 0.3 is 5.97 Å². The molecule has 0 fully saturated rings. The molecule has 0 spiro atoms. The van der Waals surface area contributed by atoms with Crippen LogP contribution in [0.25, 0.3) is 0 Å². The van der Waals surface area contributed by atoms with Crippen molar-refractivity contribution in [2.75, 3.05) is 20.3 Å². The second-order valence-corrected chi connectivity index (χ2v) is 6.59. The molecule has 0 aromatic heterocycles. The highest BCUT2D eigenvalue weighted by molar-refractivity contribution is 5.75. The van der Waals surface area contributed by atoms with Gasteiger partial charge in [-0.15, -0.1) is 0 Å². The Hall–Kier alpha value is -2.89. The third-order valence-electron chi connectivity index (χ3n) is 4.19. The minimum Gasteiger partial charge on any atom is -0.493 e. The molecule has 0 bridgehead atoms. The lowest BCUT2D eigenvalue weighted by molar-refractivity contribution is -0.154. The first-order chi connectivity index (χ1) is 13.0. The van der Waals surface area contributed by atoms with Crippen LogP contribution in [0.4, 0.5) is 11.4 Å². The number of azo groups is 1. The Kier molecular flexibility index (Phi) is 7.34. The van der Waals surface area contributed by atoms with E-state index in [9.17, 15) is 4.79 Å².